The molecule has 1 saturated heterocycles. The van der Waals surface area contributed by atoms with Crippen LogP contribution in [0.25, 0.3) is 0 Å². The third kappa shape index (κ3) is 1.07. The molecule has 13 heavy (non-hydrogen) atoms. The van der Waals surface area contributed by atoms with E-state index in [4.69, 9.17) is 0 Å². The van der Waals surface area contributed by atoms with Crippen molar-refractivity contribution >= 4 is 23.0 Å². The molecule has 3 atom stereocenters. The van der Waals surface area contributed by atoms with Crippen molar-refractivity contribution < 1.29 is 13.8 Å². The van der Waals surface area contributed by atoms with E-state index in [2.05, 4.69) is 0 Å². The van der Waals surface area contributed by atoms with Gasteiger partial charge in [-0.1, -0.05) is 6.92 Å². The summed E-state index contributed by atoms with van der Waals surface area (Å²) < 4.78 is 11.5. The van der Waals surface area contributed by atoms with E-state index in [-0.39, 0.29) is 23.0 Å². The average molecular weight is 199 g/mol. The fourth-order valence-corrected chi connectivity index (χ4v) is 3.29. The number of aldehydes is 1. The Morgan fingerprint density at radius 1 is 1.69 bits per heavy atom. The second kappa shape index (κ2) is 2.77. The molecule has 2 aliphatic rings. The van der Waals surface area contributed by atoms with E-state index in [1.165, 1.54) is 11.1 Å². The van der Waals surface area contributed by atoms with E-state index in [1.807, 2.05) is 0 Å². The normalized spacial score (nSPS) is 37.6. The van der Waals surface area contributed by atoms with E-state index >= 15 is 0 Å². The smallest absolute Gasteiger partial charge is 0.233 e. The number of amides is 1. The van der Waals surface area contributed by atoms with E-state index in [1.54, 1.807) is 6.92 Å². The maximum Gasteiger partial charge on any atom is 0.233 e. The summed E-state index contributed by atoms with van der Waals surface area (Å²) in [6.07, 6.45) is 2.17. The summed E-state index contributed by atoms with van der Waals surface area (Å²) in [7, 11) is -1.10. The fourth-order valence-electron chi connectivity index (χ4n) is 1.66. The summed E-state index contributed by atoms with van der Waals surface area (Å²) in [4.78, 5) is 23.1. The summed E-state index contributed by atoms with van der Waals surface area (Å²) in [6, 6.07) is 0. The van der Waals surface area contributed by atoms with Crippen LogP contribution in [0.5, 0.6) is 0 Å². The Labute approximate surface area is 78.0 Å². The highest BCUT2D eigenvalue weighted by atomic mass is 32.2. The lowest BCUT2D eigenvalue weighted by Crippen LogP contribution is -2.61. The summed E-state index contributed by atoms with van der Waals surface area (Å²) in [5, 5.41) is -0.198. The molecule has 0 N–H and O–H groups in total. The van der Waals surface area contributed by atoms with Crippen LogP contribution < -0.4 is 0 Å². The van der Waals surface area contributed by atoms with Gasteiger partial charge in [-0.05, 0) is 0 Å². The Kier molecular flexibility index (Phi) is 1.83. The highest BCUT2D eigenvalue weighted by Gasteiger charge is 2.48. The number of carbonyl (C=O) groups excluding carboxylic acids is 2. The van der Waals surface area contributed by atoms with Crippen LogP contribution in [0.1, 0.15) is 6.92 Å². The number of fused-ring (bicyclic) bond motifs is 1. The Balaban J connectivity index is 2.31. The predicted molar refractivity (Wildman–Crippen MR) is 47.0 cm³/mol. The quantitative estimate of drug-likeness (QED) is 0.428. The molecule has 2 heterocycles. The van der Waals surface area contributed by atoms with Gasteiger partial charge in [-0.25, -0.2) is 0 Å². The Morgan fingerprint density at radius 2 is 2.38 bits per heavy atom. The van der Waals surface area contributed by atoms with Gasteiger partial charge in [-0.2, -0.15) is 0 Å². The molecule has 4 nitrogen and oxygen atoms in total. The number of nitrogens with zero attached hydrogens (tertiary/aromatic N) is 1. The molecule has 0 aromatic carbocycles. The number of rotatable bonds is 1. The zero-order valence-electron chi connectivity index (χ0n) is 7.10. The summed E-state index contributed by atoms with van der Waals surface area (Å²) in [5.74, 6) is 0.0742. The van der Waals surface area contributed by atoms with Gasteiger partial charge in [0.15, 0.2) is 0 Å². The van der Waals surface area contributed by atoms with E-state index in [0.717, 1.165) is 0 Å². The lowest BCUT2D eigenvalue weighted by molar-refractivity contribution is -0.144. The number of hydrogen-bond acceptors (Lipinski definition) is 3. The first-order valence-electron chi connectivity index (χ1n) is 4.00. The van der Waals surface area contributed by atoms with Crippen LogP contribution in [0.15, 0.2) is 11.8 Å². The van der Waals surface area contributed by atoms with E-state index in [9.17, 15) is 13.8 Å². The van der Waals surface area contributed by atoms with Gasteiger partial charge in [0.25, 0.3) is 0 Å². The van der Waals surface area contributed by atoms with Crippen LogP contribution in [-0.4, -0.2) is 32.4 Å². The third-order valence-corrected chi connectivity index (χ3v) is 4.17. The largest absolute Gasteiger partial charge is 0.302 e. The maximum atomic E-state index is 11.5. The van der Waals surface area contributed by atoms with Crippen molar-refractivity contribution in [2.45, 2.75) is 12.3 Å². The van der Waals surface area contributed by atoms with E-state index < -0.39 is 10.8 Å². The second-order valence-electron chi connectivity index (χ2n) is 3.27. The van der Waals surface area contributed by atoms with Crippen LogP contribution >= 0.6 is 0 Å². The SMILES string of the molecule is CC1C(=O)N2C=C(C=O)CS(=O)[C@@H]12. The molecule has 0 spiro atoms. The summed E-state index contributed by atoms with van der Waals surface area (Å²) in [6.45, 7) is 1.77. The van der Waals surface area contributed by atoms with Crippen molar-refractivity contribution in [2.24, 2.45) is 5.92 Å². The van der Waals surface area contributed by atoms with Gasteiger partial charge in [-0.15, -0.1) is 0 Å². The average Bonchev–Trinajstić information content (AvgIpc) is 2.15. The third-order valence-electron chi connectivity index (χ3n) is 2.38. The van der Waals surface area contributed by atoms with Crippen LogP contribution in [0.2, 0.25) is 0 Å². The van der Waals surface area contributed by atoms with Gasteiger partial charge in [0.1, 0.15) is 11.7 Å². The Hall–Kier alpha value is -0.970. The van der Waals surface area contributed by atoms with Crippen molar-refractivity contribution in [2.75, 3.05) is 5.75 Å². The molecule has 0 radical (unpaired) electrons. The van der Waals surface area contributed by atoms with Crippen LogP contribution in [0.4, 0.5) is 0 Å². The minimum absolute atomic E-state index is 0.0441. The first-order valence-corrected chi connectivity index (χ1v) is 5.38. The molecule has 2 aliphatic heterocycles. The van der Waals surface area contributed by atoms with Crippen molar-refractivity contribution in [3.8, 4) is 0 Å². The molecule has 0 aromatic rings. The van der Waals surface area contributed by atoms with Crippen molar-refractivity contribution in [1.82, 2.24) is 4.90 Å². The molecule has 1 fully saturated rings. The van der Waals surface area contributed by atoms with Gasteiger partial charge in [0, 0.05) is 11.8 Å². The monoisotopic (exact) mass is 199 g/mol. The Morgan fingerprint density at radius 3 is 3.00 bits per heavy atom. The molecule has 0 aromatic heterocycles. The molecule has 0 aliphatic carbocycles. The van der Waals surface area contributed by atoms with Gasteiger partial charge >= 0.3 is 0 Å². The van der Waals surface area contributed by atoms with Gasteiger partial charge < -0.3 is 4.90 Å². The van der Waals surface area contributed by atoms with Crippen LogP contribution in [0, 0.1) is 5.92 Å². The zero-order chi connectivity index (χ0) is 9.59. The molecular weight excluding hydrogens is 190 g/mol. The van der Waals surface area contributed by atoms with Crippen molar-refractivity contribution in [3.05, 3.63) is 11.8 Å². The number of β-lactam (4-membered cyclic amide) rings is 1. The van der Waals surface area contributed by atoms with Gasteiger partial charge in [0.2, 0.25) is 5.91 Å². The fraction of sp³-hybridized carbons (Fsp3) is 0.500. The van der Waals surface area contributed by atoms with Crippen molar-refractivity contribution in [1.29, 1.82) is 0 Å². The molecule has 2 unspecified atom stereocenters. The Bertz CT molecular complexity index is 336. The summed E-state index contributed by atoms with van der Waals surface area (Å²) >= 11 is 0. The standard InChI is InChI=1S/C8H9NO3S/c1-5-7(11)9-2-6(3-10)4-13(12)8(5)9/h2-3,5,8H,4H2,1H3/t5?,8-,13?/m0/s1. The van der Waals surface area contributed by atoms with Crippen molar-refractivity contribution in [3.63, 3.8) is 0 Å². The lowest BCUT2D eigenvalue weighted by atomic mass is 10.0. The minimum Gasteiger partial charge on any atom is -0.302 e. The minimum atomic E-state index is -1.10. The molecule has 70 valence electrons. The first-order chi connectivity index (χ1) is 6.15. The maximum absolute atomic E-state index is 11.5. The van der Waals surface area contributed by atoms with Gasteiger partial charge in [-0.3, -0.25) is 13.8 Å². The molecule has 5 heteroatoms. The first kappa shape index (κ1) is 8.62. The summed E-state index contributed by atoms with van der Waals surface area (Å²) in [5.41, 5.74) is 0.440. The predicted octanol–water partition coefficient (Wildman–Crippen LogP) is -0.364. The van der Waals surface area contributed by atoms with Crippen LogP contribution in [-0.2, 0) is 20.4 Å². The van der Waals surface area contributed by atoms with Crippen LogP contribution in [0.3, 0.4) is 0 Å². The van der Waals surface area contributed by atoms with Gasteiger partial charge in [0.05, 0.1) is 22.5 Å². The molecule has 0 saturated carbocycles. The molecule has 0 bridgehead atoms. The molecule has 2 rings (SSSR count). The topological polar surface area (TPSA) is 54.5 Å². The lowest BCUT2D eigenvalue weighted by Gasteiger charge is -2.45. The highest BCUT2D eigenvalue weighted by Crippen LogP contribution is 2.33. The van der Waals surface area contributed by atoms with E-state index in [0.29, 0.717) is 11.9 Å². The second-order valence-corrected chi connectivity index (χ2v) is 4.80. The highest BCUT2D eigenvalue weighted by molar-refractivity contribution is 7.86. The molecule has 1 amide bonds. The number of hydrogen-bond donors (Lipinski definition) is 0. The number of carbonyl (C=O) groups is 2. The zero-order valence-corrected chi connectivity index (χ0v) is 7.91. The molecular formula is C8H9NO3S.